The second-order valence-corrected chi connectivity index (χ2v) is 6.37. The van der Waals surface area contributed by atoms with Gasteiger partial charge in [0.2, 0.25) is 5.91 Å². The van der Waals surface area contributed by atoms with Gasteiger partial charge in [0.25, 0.3) is 0 Å². The Morgan fingerprint density at radius 3 is 2.56 bits per heavy atom. The molecule has 138 valence electrons. The average molecular weight is 362 g/mol. The smallest absolute Gasteiger partial charge is 0.418 e. The molecule has 0 spiro atoms. The first-order chi connectivity index (χ1) is 13.1. The van der Waals surface area contributed by atoms with E-state index >= 15 is 0 Å². The zero-order valence-corrected chi connectivity index (χ0v) is 15.4. The molecule has 0 bridgehead atoms. The first-order valence-corrected chi connectivity index (χ1v) is 8.79. The Labute approximate surface area is 158 Å². The summed E-state index contributed by atoms with van der Waals surface area (Å²) in [6.07, 6.45) is 5.27. The van der Waals surface area contributed by atoms with Crippen LogP contribution < -0.4 is 5.32 Å². The van der Waals surface area contributed by atoms with E-state index in [4.69, 9.17) is 4.74 Å². The summed E-state index contributed by atoms with van der Waals surface area (Å²) < 4.78 is 6.34. The molecule has 2 aromatic carbocycles. The van der Waals surface area contributed by atoms with Crippen LogP contribution in [0.4, 0.5) is 4.79 Å². The number of carbonyl (C=O) groups excluding carboxylic acids is 2. The molecule has 1 aromatic heterocycles. The number of benzene rings is 2. The van der Waals surface area contributed by atoms with Crippen molar-refractivity contribution in [2.24, 2.45) is 0 Å². The van der Waals surface area contributed by atoms with E-state index in [1.807, 2.05) is 61.5 Å². The van der Waals surface area contributed by atoms with Crippen LogP contribution in [0.25, 0.3) is 17.0 Å². The van der Waals surface area contributed by atoms with E-state index in [1.54, 1.807) is 12.3 Å². The van der Waals surface area contributed by atoms with E-state index in [0.717, 1.165) is 22.0 Å². The number of rotatable bonds is 5. The minimum absolute atomic E-state index is 0.0881. The number of ether oxygens (including phenoxy) is 1. The molecule has 0 radical (unpaired) electrons. The number of hydrogen-bond acceptors (Lipinski definition) is 3. The van der Waals surface area contributed by atoms with Gasteiger partial charge in [-0.05, 0) is 36.6 Å². The van der Waals surface area contributed by atoms with Crippen LogP contribution >= 0.6 is 0 Å². The number of methoxy groups -OCH3 is 1. The third kappa shape index (κ3) is 4.44. The lowest BCUT2D eigenvalue weighted by Crippen LogP contribution is -2.32. The zero-order valence-electron chi connectivity index (χ0n) is 15.4. The predicted molar refractivity (Wildman–Crippen MR) is 107 cm³/mol. The molecule has 0 saturated heterocycles. The number of fused-ring (bicyclic) bond motifs is 1. The SMILES string of the molecule is COC(=O)n1cc(C[C@@H](C)NC(=O)C=Cc2ccccc2)c2ccccc21. The van der Waals surface area contributed by atoms with Crippen LogP contribution in [-0.2, 0) is 16.0 Å². The van der Waals surface area contributed by atoms with E-state index in [1.165, 1.54) is 17.8 Å². The first kappa shape index (κ1) is 18.5. The molecule has 27 heavy (non-hydrogen) atoms. The molecule has 1 atom stereocenters. The number of nitrogens with one attached hydrogen (secondary N) is 1. The van der Waals surface area contributed by atoms with Gasteiger partial charge in [0, 0.05) is 23.7 Å². The molecule has 0 saturated carbocycles. The van der Waals surface area contributed by atoms with E-state index < -0.39 is 6.09 Å². The Hall–Kier alpha value is -3.34. The Morgan fingerprint density at radius 1 is 1.11 bits per heavy atom. The highest BCUT2D eigenvalue weighted by Crippen LogP contribution is 2.22. The molecule has 3 rings (SSSR count). The number of nitrogens with zero attached hydrogens (tertiary/aromatic N) is 1. The molecular weight excluding hydrogens is 340 g/mol. The number of carbonyl (C=O) groups is 2. The molecule has 5 heteroatoms. The van der Waals surface area contributed by atoms with Gasteiger partial charge in [0.15, 0.2) is 0 Å². The van der Waals surface area contributed by atoms with Crippen molar-refractivity contribution in [3.05, 3.63) is 78.0 Å². The van der Waals surface area contributed by atoms with Crippen molar-refractivity contribution < 1.29 is 14.3 Å². The summed E-state index contributed by atoms with van der Waals surface area (Å²) in [4.78, 5) is 24.1. The van der Waals surface area contributed by atoms with Crippen LogP contribution in [0, 0.1) is 0 Å². The summed E-state index contributed by atoms with van der Waals surface area (Å²) in [5, 5.41) is 3.94. The fraction of sp³-hybridized carbons (Fsp3) is 0.182. The summed E-state index contributed by atoms with van der Waals surface area (Å²) in [5.41, 5.74) is 2.75. The molecule has 1 amide bonds. The van der Waals surface area contributed by atoms with Gasteiger partial charge in [-0.2, -0.15) is 0 Å². The highest BCUT2D eigenvalue weighted by molar-refractivity contribution is 5.93. The summed E-state index contributed by atoms with van der Waals surface area (Å²) >= 11 is 0. The van der Waals surface area contributed by atoms with Gasteiger partial charge in [-0.25, -0.2) is 4.79 Å². The molecule has 0 aliphatic rings. The fourth-order valence-corrected chi connectivity index (χ4v) is 3.07. The Morgan fingerprint density at radius 2 is 1.81 bits per heavy atom. The Bertz CT molecular complexity index is 974. The molecule has 0 aliphatic heterocycles. The third-order valence-electron chi connectivity index (χ3n) is 4.31. The van der Waals surface area contributed by atoms with E-state index in [2.05, 4.69) is 5.32 Å². The van der Waals surface area contributed by atoms with Gasteiger partial charge in [-0.1, -0.05) is 48.5 Å². The maximum absolute atomic E-state index is 12.2. The van der Waals surface area contributed by atoms with Crippen LogP contribution in [-0.4, -0.2) is 29.7 Å². The topological polar surface area (TPSA) is 60.3 Å². The van der Waals surface area contributed by atoms with Crippen LogP contribution in [0.3, 0.4) is 0 Å². The van der Waals surface area contributed by atoms with Crippen LogP contribution in [0.15, 0.2) is 66.9 Å². The maximum atomic E-state index is 12.2. The monoisotopic (exact) mass is 362 g/mol. The summed E-state index contributed by atoms with van der Waals surface area (Å²) in [5.74, 6) is -0.150. The van der Waals surface area contributed by atoms with Gasteiger partial charge in [-0.3, -0.25) is 9.36 Å². The quantitative estimate of drug-likeness (QED) is 0.698. The molecule has 1 N–H and O–H groups in total. The van der Waals surface area contributed by atoms with Gasteiger partial charge in [0.05, 0.1) is 12.6 Å². The van der Waals surface area contributed by atoms with E-state index in [-0.39, 0.29) is 11.9 Å². The van der Waals surface area contributed by atoms with Crippen molar-refractivity contribution in [3.8, 4) is 0 Å². The molecule has 0 unspecified atom stereocenters. The molecule has 0 aliphatic carbocycles. The number of aromatic nitrogens is 1. The van der Waals surface area contributed by atoms with Gasteiger partial charge in [0.1, 0.15) is 0 Å². The van der Waals surface area contributed by atoms with Gasteiger partial charge < -0.3 is 10.1 Å². The molecule has 0 fully saturated rings. The fourth-order valence-electron chi connectivity index (χ4n) is 3.07. The van der Waals surface area contributed by atoms with Crippen molar-refractivity contribution in [1.29, 1.82) is 0 Å². The second kappa shape index (κ2) is 8.36. The second-order valence-electron chi connectivity index (χ2n) is 6.37. The van der Waals surface area contributed by atoms with Crippen molar-refractivity contribution >= 4 is 29.0 Å². The lowest BCUT2D eigenvalue weighted by Gasteiger charge is -2.11. The minimum Gasteiger partial charge on any atom is -0.452 e. The van der Waals surface area contributed by atoms with E-state index in [0.29, 0.717) is 6.42 Å². The largest absolute Gasteiger partial charge is 0.452 e. The van der Waals surface area contributed by atoms with Crippen LogP contribution in [0.5, 0.6) is 0 Å². The summed E-state index contributed by atoms with van der Waals surface area (Å²) in [7, 11) is 1.36. The van der Waals surface area contributed by atoms with Crippen LogP contribution in [0.2, 0.25) is 0 Å². The lowest BCUT2D eigenvalue weighted by atomic mass is 10.1. The van der Waals surface area contributed by atoms with Crippen molar-refractivity contribution in [2.75, 3.05) is 7.11 Å². The predicted octanol–water partition coefficient (Wildman–Crippen LogP) is 4.02. The molecule has 3 aromatic rings. The lowest BCUT2D eigenvalue weighted by molar-refractivity contribution is -0.117. The molecular formula is C22H22N2O3. The third-order valence-corrected chi connectivity index (χ3v) is 4.31. The minimum atomic E-state index is -0.431. The van der Waals surface area contributed by atoms with Crippen molar-refractivity contribution in [2.45, 2.75) is 19.4 Å². The molecule has 5 nitrogen and oxygen atoms in total. The maximum Gasteiger partial charge on any atom is 0.418 e. The average Bonchev–Trinajstić information content (AvgIpc) is 3.05. The van der Waals surface area contributed by atoms with Gasteiger partial charge in [-0.15, -0.1) is 0 Å². The number of amides is 1. The Kier molecular flexibility index (Phi) is 5.71. The van der Waals surface area contributed by atoms with Gasteiger partial charge >= 0.3 is 6.09 Å². The number of para-hydroxylation sites is 1. The summed E-state index contributed by atoms with van der Waals surface area (Å²) in [6, 6.07) is 17.2. The highest BCUT2D eigenvalue weighted by Gasteiger charge is 2.15. The zero-order chi connectivity index (χ0) is 19.2. The highest BCUT2D eigenvalue weighted by atomic mass is 16.5. The molecule has 1 heterocycles. The first-order valence-electron chi connectivity index (χ1n) is 8.79. The Balaban J connectivity index is 1.71. The van der Waals surface area contributed by atoms with Crippen LogP contribution in [0.1, 0.15) is 18.1 Å². The standard InChI is InChI=1S/C22H22N2O3/c1-16(23-21(25)13-12-17-8-4-3-5-9-17)14-18-15-24(22(26)27-2)20-11-7-6-10-19(18)20/h3-13,15-16H,14H2,1-2H3,(H,23,25)/t16-/m1/s1. The normalized spacial score (nSPS) is 12.2. The van der Waals surface area contributed by atoms with Crippen molar-refractivity contribution in [1.82, 2.24) is 9.88 Å². The van der Waals surface area contributed by atoms with Crippen molar-refractivity contribution in [3.63, 3.8) is 0 Å². The number of hydrogen-bond donors (Lipinski definition) is 1. The summed E-state index contributed by atoms with van der Waals surface area (Å²) in [6.45, 7) is 1.94. The van der Waals surface area contributed by atoms with E-state index in [9.17, 15) is 9.59 Å².